The van der Waals surface area contributed by atoms with E-state index in [9.17, 15) is 4.79 Å². The molecule has 0 bridgehead atoms. The van der Waals surface area contributed by atoms with E-state index in [1.54, 1.807) is 19.1 Å². The van der Waals surface area contributed by atoms with Gasteiger partial charge in [0.2, 0.25) is 5.76 Å². The lowest BCUT2D eigenvalue weighted by atomic mass is 10.2. The van der Waals surface area contributed by atoms with Crippen LogP contribution in [-0.2, 0) is 9.47 Å². The van der Waals surface area contributed by atoms with Crippen LogP contribution in [0.15, 0.2) is 16.5 Å². The van der Waals surface area contributed by atoms with Gasteiger partial charge >= 0.3 is 5.97 Å². The summed E-state index contributed by atoms with van der Waals surface area (Å²) in [6, 6.07) is 3.38. The summed E-state index contributed by atoms with van der Waals surface area (Å²) in [7, 11) is 0. The average molecular weight is 224 g/mol. The van der Waals surface area contributed by atoms with Crippen molar-refractivity contribution in [1.29, 1.82) is 0 Å². The highest BCUT2D eigenvalue weighted by Gasteiger charge is 2.17. The van der Waals surface area contributed by atoms with Crippen molar-refractivity contribution in [2.75, 3.05) is 13.2 Å². The monoisotopic (exact) mass is 224 g/mol. The van der Waals surface area contributed by atoms with Crippen molar-refractivity contribution < 1.29 is 18.7 Å². The Morgan fingerprint density at radius 3 is 3.06 bits per heavy atom. The molecule has 0 saturated carbocycles. The predicted octanol–water partition coefficient (Wildman–Crippen LogP) is 2.31. The predicted molar refractivity (Wildman–Crippen MR) is 57.3 cm³/mol. The number of ether oxygens (including phenoxy) is 2. The Bertz CT molecular complexity index is 350. The third-order valence-corrected chi connectivity index (χ3v) is 2.64. The zero-order valence-corrected chi connectivity index (χ0v) is 9.40. The van der Waals surface area contributed by atoms with Crippen LogP contribution in [0.3, 0.4) is 0 Å². The summed E-state index contributed by atoms with van der Waals surface area (Å²) >= 11 is 0. The third kappa shape index (κ3) is 2.85. The van der Waals surface area contributed by atoms with Gasteiger partial charge in [-0.3, -0.25) is 0 Å². The molecule has 1 aromatic rings. The highest BCUT2D eigenvalue weighted by Crippen LogP contribution is 2.15. The van der Waals surface area contributed by atoms with E-state index in [2.05, 4.69) is 0 Å². The van der Waals surface area contributed by atoms with Crippen molar-refractivity contribution in [2.24, 2.45) is 0 Å². The summed E-state index contributed by atoms with van der Waals surface area (Å²) in [5.41, 5.74) is 0. The van der Waals surface area contributed by atoms with Gasteiger partial charge in [-0.15, -0.1) is 0 Å². The minimum atomic E-state index is -0.397. The Morgan fingerprint density at radius 2 is 2.44 bits per heavy atom. The first-order valence-electron chi connectivity index (χ1n) is 5.61. The molecule has 1 aliphatic heterocycles. The molecule has 0 unspecified atom stereocenters. The van der Waals surface area contributed by atoms with Crippen LogP contribution in [0.4, 0.5) is 0 Å². The number of carbonyl (C=O) groups excluding carboxylic acids is 1. The molecule has 1 aromatic heterocycles. The van der Waals surface area contributed by atoms with Crippen LogP contribution >= 0.6 is 0 Å². The molecule has 1 saturated heterocycles. The minimum Gasteiger partial charge on any atom is -0.460 e. The molecule has 0 aromatic carbocycles. The first-order chi connectivity index (χ1) is 7.75. The molecule has 2 heterocycles. The van der Waals surface area contributed by atoms with Crippen molar-refractivity contribution in [1.82, 2.24) is 0 Å². The second-order valence-corrected chi connectivity index (χ2v) is 3.97. The van der Waals surface area contributed by atoms with Crippen molar-refractivity contribution in [3.63, 3.8) is 0 Å². The van der Waals surface area contributed by atoms with Crippen LogP contribution in [0.25, 0.3) is 0 Å². The molecule has 0 spiro atoms. The molecule has 0 radical (unpaired) electrons. The van der Waals surface area contributed by atoms with Crippen molar-refractivity contribution in [3.05, 3.63) is 23.7 Å². The van der Waals surface area contributed by atoms with E-state index in [4.69, 9.17) is 13.9 Å². The van der Waals surface area contributed by atoms with E-state index >= 15 is 0 Å². The molecular weight excluding hydrogens is 208 g/mol. The topological polar surface area (TPSA) is 48.7 Å². The zero-order chi connectivity index (χ0) is 11.4. The summed E-state index contributed by atoms with van der Waals surface area (Å²) in [6.07, 6.45) is 3.20. The maximum Gasteiger partial charge on any atom is 0.374 e. The lowest BCUT2D eigenvalue weighted by Gasteiger charge is -2.08. The van der Waals surface area contributed by atoms with Crippen LogP contribution in [0, 0.1) is 6.92 Å². The molecule has 1 atom stereocenters. The average Bonchev–Trinajstić information content (AvgIpc) is 2.89. The summed E-state index contributed by atoms with van der Waals surface area (Å²) in [5, 5.41) is 0. The molecule has 16 heavy (non-hydrogen) atoms. The quantitative estimate of drug-likeness (QED) is 0.736. The number of hydrogen-bond acceptors (Lipinski definition) is 4. The van der Waals surface area contributed by atoms with Crippen molar-refractivity contribution in [3.8, 4) is 0 Å². The lowest BCUT2D eigenvalue weighted by Crippen LogP contribution is -2.12. The standard InChI is InChI=1S/C12H16O4/c1-9-4-5-11(16-9)12(13)15-8-6-10-3-2-7-14-10/h4-5,10H,2-3,6-8H2,1H3/t10-/m0/s1. The van der Waals surface area contributed by atoms with Crippen LogP contribution in [0.2, 0.25) is 0 Å². The molecule has 2 rings (SSSR count). The van der Waals surface area contributed by atoms with Crippen LogP contribution in [-0.4, -0.2) is 25.3 Å². The van der Waals surface area contributed by atoms with Crippen LogP contribution < -0.4 is 0 Å². The van der Waals surface area contributed by atoms with Gasteiger partial charge < -0.3 is 13.9 Å². The molecule has 0 N–H and O–H groups in total. The zero-order valence-electron chi connectivity index (χ0n) is 9.40. The van der Waals surface area contributed by atoms with Crippen molar-refractivity contribution >= 4 is 5.97 Å². The summed E-state index contributed by atoms with van der Waals surface area (Å²) in [6.45, 7) is 3.02. The van der Waals surface area contributed by atoms with E-state index in [1.165, 1.54) is 0 Å². The minimum absolute atomic E-state index is 0.256. The second-order valence-electron chi connectivity index (χ2n) is 3.97. The highest BCUT2D eigenvalue weighted by atomic mass is 16.5. The Morgan fingerprint density at radius 1 is 1.56 bits per heavy atom. The highest BCUT2D eigenvalue weighted by molar-refractivity contribution is 5.86. The Labute approximate surface area is 94.5 Å². The maximum atomic E-state index is 11.5. The fourth-order valence-electron chi connectivity index (χ4n) is 1.77. The fraction of sp³-hybridized carbons (Fsp3) is 0.583. The van der Waals surface area contributed by atoms with E-state index in [1.807, 2.05) is 0 Å². The SMILES string of the molecule is Cc1ccc(C(=O)OCC[C@@H]2CCCO2)o1. The lowest BCUT2D eigenvalue weighted by molar-refractivity contribution is 0.0354. The molecule has 4 nitrogen and oxygen atoms in total. The smallest absolute Gasteiger partial charge is 0.374 e. The molecule has 88 valence electrons. The van der Waals surface area contributed by atoms with Crippen molar-refractivity contribution in [2.45, 2.75) is 32.3 Å². The van der Waals surface area contributed by atoms with E-state index in [0.717, 1.165) is 25.9 Å². The van der Waals surface area contributed by atoms with Gasteiger partial charge in [0.15, 0.2) is 0 Å². The van der Waals surface area contributed by atoms with Gasteiger partial charge in [-0.1, -0.05) is 0 Å². The number of aryl methyl sites for hydroxylation is 1. The van der Waals surface area contributed by atoms with Gasteiger partial charge in [0.25, 0.3) is 0 Å². The van der Waals surface area contributed by atoms with Gasteiger partial charge in [0.1, 0.15) is 5.76 Å². The number of furan rings is 1. The molecular formula is C12H16O4. The van der Waals surface area contributed by atoms with Crippen LogP contribution in [0.1, 0.15) is 35.6 Å². The van der Waals surface area contributed by atoms with Gasteiger partial charge in [-0.25, -0.2) is 4.79 Å². The Kier molecular flexibility index (Phi) is 3.62. The number of carbonyl (C=O) groups is 1. The van der Waals surface area contributed by atoms with Gasteiger partial charge in [0.05, 0.1) is 12.7 Å². The first kappa shape index (κ1) is 11.2. The van der Waals surface area contributed by atoms with E-state index < -0.39 is 5.97 Å². The number of rotatable bonds is 4. The molecule has 4 heteroatoms. The largest absolute Gasteiger partial charge is 0.460 e. The third-order valence-electron chi connectivity index (χ3n) is 2.64. The van der Waals surface area contributed by atoms with E-state index in [-0.39, 0.29) is 11.9 Å². The normalized spacial score (nSPS) is 19.9. The number of hydrogen-bond donors (Lipinski definition) is 0. The first-order valence-corrected chi connectivity index (χ1v) is 5.61. The van der Waals surface area contributed by atoms with Crippen LogP contribution in [0.5, 0.6) is 0 Å². The van der Waals surface area contributed by atoms with E-state index in [0.29, 0.717) is 12.4 Å². The van der Waals surface area contributed by atoms with Gasteiger partial charge in [-0.05, 0) is 31.9 Å². The van der Waals surface area contributed by atoms with Gasteiger partial charge in [0, 0.05) is 13.0 Å². The Hall–Kier alpha value is -1.29. The molecule has 0 amide bonds. The summed E-state index contributed by atoms with van der Waals surface area (Å²) in [4.78, 5) is 11.5. The summed E-state index contributed by atoms with van der Waals surface area (Å²) < 4.78 is 15.7. The molecule has 0 aliphatic carbocycles. The fourth-order valence-corrected chi connectivity index (χ4v) is 1.77. The Balaban J connectivity index is 1.71. The van der Waals surface area contributed by atoms with Gasteiger partial charge in [-0.2, -0.15) is 0 Å². The molecule has 1 fully saturated rings. The number of esters is 1. The summed E-state index contributed by atoms with van der Waals surface area (Å²) in [5.74, 6) is 0.585. The maximum absolute atomic E-state index is 11.5. The second kappa shape index (κ2) is 5.16. The molecule has 1 aliphatic rings.